The first-order valence-corrected chi connectivity index (χ1v) is 9.32. The average molecular weight is 426 g/mol. The lowest BCUT2D eigenvalue weighted by Gasteiger charge is -2.15. The molecule has 30 heavy (non-hydrogen) atoms. The van der Waals surface area contributed by atoms with Gasteiger partial charge in [0.25, 0.3) is 0 Å². The number of hydrogen-bond donors (Lipinski definition) is 0. The predicted octanol–water partition coefficient (Wildman–Crippen LogP) is 5.44. The van der Waals surface area contributed by atoms with E-state index in [9.17, 15) is 0 Å². The molecule has 0 saturated heterocycles. The Balaban J connectivity index is 0.00000256. The Morgan fingerprint density at radius 3 is 1.97 bits per heavy atom. The van der Waals surface area contributed by atoms with Gasteiger partial charge in [-0.1, -0.05) is 24.3 Å². The number of hydrogen-bond acceptors (Lipinski definition) is 5. The number of methoxy groups -OCH3 is 4. The normalized spacial score (nSPS) is 10.5. The van der Waals surface area contributed by atoms with Gasteiger partial charge in [-0.15, -0.1) is 12.4 Å². The molecule has 1 aromatic heterocycles. The van der Waals surface area contributed by atoms with Gasteiger partial charge in [-0.2, -0.15) is 0 Å². The van der Waals surface area contributed by atoms with E-state index in [0.717, 1.165) is 33.8 Å². The Labute approximate surface area is 182 Å². The minimum absolute atomic E-state index is 0. The van der Waals surface area contributed by atoms with Crippen LogP contribution in [0.25, 0.3) is 21.8 Å². The van der Waals surface area contributed by atoms with Crippen molar-refractivity contribution < 1.29 is 18.9 Å². The topological polar surface area (TPSA) is 49.8 Å². The molecule has 0 bridgehead atoms. The van der Waals surface area contributed by atoms with Gasteiger partial charge >= 0.3 is 0 Å². The summed E-state index contributed by atoms with van der Waals surface area (Å²) in [5.74, 6) is 2.78. The van der Waals surface area contributed by atoms with Crippen molar-refractivity contribution in [2.75, 3.05) is 28.4 Å². The molecular formula is C24H24ClNO4. The van der Waals surface area contributed by atoms with Crippen LogP contribution in [0.15, 0.2) is 54.6 Å². The summed E-state index contributed by atoms with van der Waals surface area (Å²) in [4.78, 5) is 4.84. The molecule has 5 nitrogen and oxygen atoms in total. The van der Waals surface area contributed by atoms with Crippen molar-refractivity contribution >= 4 is 34.2 Å². The highest BCUT2D eigenvalue weighted by atomic mass is 35.5. The fourth-order valence-corrected chi connectivity index (χ4v) is 3.69. The summed E-state index contributed by atoms with van der Waals surface area (Å²) >= 11 is 0. The van der Waals surface area contributed by atoms with E-state index in [-0.39, 0.29) is 12.4 Å². The van der Waals surface area contributed by atoms with E-state index in [0.29, 0.717) is 23.0 Å². The summed E-state index contributed by atoms with van der Waals surface area (Å²) in [6.45, 7) is 0. The minimum Gasteiger partial charge on any atom is -0.493 e. The molecule has 0 aliphatic rings. The quantitative estimate of drug-likeness (QED) is 0.385. The number of aromatic nitrogens is 1. The summed E-state index contributed by atoms with van der Waals surface area (Å²) in [5, 5.41) is 2.15. The first-order valence-electron chi connectivity index (χ1n) is 9.32. The monoisotopic (exact) mass is 425 g/mol. The van der Waals surface area contributed by atoms with Crippen LogP contribution in [0, 0.1) is 0 Å². The number of nitrogens with zero attached hydrogens (tertiary/aromatic N) is 1. The molecule has 0 N–H and O–H groups in total. The molecule has 0 aliphatic heterocycles. The molecule has 3 aromatic carbocycles. The van der Waals surface area contributed by atoms with Crippen LogP contribution in [0.2, 0.25) is 0 Å². The number of ether oxygens (including phenoxy) is 4. The molecule has 0 fully saturated rings. The fourth-order valence-electron chi connectivity index (χ4n) is 3.69. The predicted molar refractivity (Wildman–Crippen MR) is 122 cm³/mol. The van der Waals surface area contributed by atoms with E-state index in [4.69, 9.17) is 23.9 Å². The van der Waals surface area contributed by atoms with E-state index in [1.807, 2.05) is 42.5 Å². The van der Waals surface area contributed by atoms with Crippen LogP contribution in [-0.2, 0) is 6.42 Å². The zero-order valence-corrected chi connectivity index (χ0v) is 18.2. The molecule has 6 heteroatoms. The standard InChI is InChI=1S/C24H23NO4.ClH/c1-26-21-10-9-15(12-22(21)27-2)11-17-16-7-5-6-8-19(16)25-20-14-24(29-4)23(28-3)13-18(17)20;/h5-10,12-14H,11H2,1-4H3;1H. The van der Waals surface area contributed by atoms with Crippen LogP contribution in [0.3, 0.4) is 0 Å². The van der Waals surface area contributed by atoms with Crippen LogP contribution in [0.4, 0.5) is 0 Å². The highest BCUT2D eigenvalue weighted by Crippen LogP contribution is 2.37. The summed E-state index contributed by atoms with van der Waals surface area (Å²) in [5.41, 5.74) is 4.12. The molecule has 0 radical (unpaired) electrons. The third-order valence-electron chi connectivity index (χ3n) is 5.13. The van der Waals surface area contributed by atoms with Crippen molar-refractivity contribution in [3.8, 4) is 23.0 Å². The number of pyridine rings is 1. The highest BCUT2D eigenvalue weighted by molar-refractivity contribution is 5.99. The molecule has 1 heterocycles. The third-order valence-corrected chi connectivity index (χ3v) is 5.13. The first-order chi connectivity index (χ1) is 14.2. The molecule has 4 rings (SSSR count). The van der Waals surface area contributed by atoms with Gasteiger partial charge in [0, 0.05) is 16.8 Å². The van der Waals surface area contributed by atoms with Crippen LogP contribution in [-0.4, -0.2) is 33.4 Å². The van der Waals surface area contributed by atoms with Gasteiger partial charge in [0.15, 0.2) is 23.0 Å². The Morgan fingerprint density at radius 1 is 0.633 bits per heavy atom. The fraction of sp³-hybridized carbons (Fsp3) is 0.208. The molecule has 0 spiro atoms. The van der Waals surface area contributed by atoms with Crippen molar-refractivity contribution in [1.29, 1.82) is 0 Å². The van der Waals surface area contributed by atoms with Crippen molar-refractivity contribution in [2.45, 2.75) is 6.42 Å². The largest absolute Gasteiger partial charge is 0.493 e. The summed E-state index contributed by atoms with van der Waals surface area (Å²) in [6, 6.07) is 18.1. The molecule has 0 unspecified atom stereocenters. The van der Waals surface area contributed by atoms with Crippen LogP contribution in [0.5, 0.6) is 23.0 Å². The van der Waals surface area contributed by atoms with Gasteiger partial charge < -0.3 is 18.9 Å². The van der Waals surface area contributed by atoms with Gasteiger partial charge in [-0.05, 0) is 41.8 Å². The maximum atomic E-state index is 5.54. The van der Waals surface area contributed by atoms with Gasteiger partial charge in [0.1, 0.15) is 0 Å². The summed E-state index contributed by atoms with van der Waals surface area (Å²) in [7, 11) is 6.57. The van der Waals surface area contributed by atoms with Gasteiger partial charge in [0.05, 0.1) is 39.5 Å². The van der Waals surface area contributed by atoms with Gasteiger partial charge in [-0.25, -0.2) is 4.98 Å². The lowest BCUT2D eigenvalue weighted by Crippen LogP contribution is -1.98. The highest BCUT2D eigenvalue weighted by Gasteiger charge is 2.15. The number of fused-ring (bicyclic) bond motifs is 2. The second kappa shape index (κ2) is 9.09. The van der Waals surface area contributed by atoms with Crippen molar-refractivity contribution in [2.24, 2.45) is 0 Å². The first kappa shape index (κ1) is 21.5. The molecule has 0 aliphatic carbocycles. The zero-order chi connectivity index (χ0) is 20.4. The second-order valence-electron chi connectivity index (χ2n) is 6.70. The Bertz CT molecular complexity index is 1190. The molecule has 0 amide bonds. The smallest absolute Gasteiger partial charge is 0.162 e. The minimum atomic E-state index is 0. The van der Waals surface area contributed by atoms with Crippen LogP contribution in [0.1, 0.15) is 11.1 Å². The van der Waals surface area contributed by atoms with Crippen LogP contribution < -0.4 is 18.9 Å². The van der Waals surface area contributed by atoms with Gasteiger partial charge in [0.2, 0.25) is 0 Å². The Morgan fingerprint density at radius 2 is 1.27 bits per heavy atom. The van der Waals surface area contributed by atoms with E-state index in [1.54, 1.807) is 28.4 Å². The van der Waals surface area contributed by atoms with Crippen molar-refractivity contribution in [3.05, 3.63) is 65.7 Å². The molecule has 156 valence electrons. The third kappa shape index (κ3) is 3.81. The molecule has 0 atom stereocenters. The van der Waals surface area contributed by atoms with E-state index in [1.165, 1.54) is 5.56 Å². The molecular weight excluding hydrogens is 402 g/mol. The number of rotatable bonds is 6. The summed E-state index contributed by atoms with van der Waals surface area (Å²) in [6.07, 6.45) is 0.718. The summed E-state index contributed by atoms with van der Waals surface area (Å²) < 4.78 is 21.9. The van der Waals surface area contributed by atoms with E-state index >= 15 is 0 Å². The van der Waals surface area contributed by atoms with Gasteiger partial charge in [-0.3, -0.25) is 0 Å². The van der Waals surface area contributed by atoms with E-state index in [2.05, 4.69) is 12.1 Å². The SMILES string of the molecule is COc1ccc(Cc2c3ccccc3nc3cc(OC)c(OC)cc23)cc1OC.Cl. The molecule has 0 saturated carbocycles. The van der Waals surface area contributed by atoms with Crippen molar-refractivity contribution in [3.63, 3.8) is 0 Å². The maximum absolute atomic E-state index is 5.54. The Kier molecular flexibility index (Phi) is 6.53. The van der Waals surface area contributed by atoms with E-state index < -0.39 is 0 Å². The zero-order valence-electron chi connectivity index (χ0n) is 17.4. The number of benzene rings is 3. The maximum Gasteiger partial charge on any atom is 0.162 e. The number of para-hydroxylation sites is 1. The number of halogens is 1. The van der Waals surface area contributed by atoms with Crippen LogP contribution >= 0.6 is 12.4 Å². The Hall–Kier alpha value is -3.18. The second-order valence-corrected chi connectivity index (χ2v) is 6.70. The average Bonchev–Trinajstić information content (AvgIpc) is 2.77. The lowest BCUT2D eigenvalue weighted by atomic mass is 9.96. The lowest BCUT2D eigenvalue weighted by molar-refractivity contribution is 0.354. The van der Waals surface area contributed by atoms with Crippen molar-refractivity contribution in [1.82, 2.24) is 4.98 Å². The molecule has 4 aromatic rings.